The smallest absolute Gasteiger partial charge is 0.144 e. The minimum absolute atomic E-state index is 0.832. The molecule has 1 aliphatic carbocycles. The number of hydrogen-bond acceptors (Lipinski definition) is 2. The SMILES string of the molecule is c1ccc2c(c1)ccc1oc3c(-c4cc(CC5CCCC5)ccn4)cccc3c12. The average molecular weight is 377 g/mol. The first-order valence-electron chi connectivity index (χ1n) is 10.6. The van der Waals surface area contributed by atoms with Gasteiger partial charge in [0.1, 0.15) is 11.2 Å². The monoisotopic (exact) mass is 377 g/mol. The van der Waals surface area contributed by atoms with Crippen LogP contribution in [0, 0.1) is 5.92 Å². The van der Waals surface area contributed by atoms with E-state index in [0.717, 1.165) is 40.1 Å². The molecule has 5 aromatic rings. The molecule has 0 atom stereocenters. The van der Waals surface area contributed by atoms with Gasteiger partial charge in [-0.05, 0) is 52.9 Å². The van der Waals surface area contributed by atoms with Gasteiger partial charge in [0.15, 0.2) is 0 Å². The van der Waals surface area contributed by atoms with E-state index in [2.05, 4.69) is 66.7 Å². The van der Waals surface area contributed by atoms with Crippen molar-refractivity contribution in [3.8, 4) is 11.3 Å². The molecule has 0 radical (unpaired) electrons. The minimum atomic E-state index is 0.832. The van der Waals surface area contributed by atoms with E-state index >= 15 is 0 Å². The Morgan fingerprint density at radius 2 is 1.72 bits per heavy atom. The van der Waals surface area contributed by atoms with Crippen molar-refractivity contribution in [2.45, 2.75) is 32.1 Å². The maximum atomic E-state index is 6.38. The molecule has 0 N–H and O–H groups in total. The summed E-state index contributed by atoms with van der Waals surface area (Å²) in [5.41, 5.74) is 5.35. The van der Waals surface area contributed by atoms with Gasteiger partial charge in [-0.15, -0.1) is 0 Å². The maximum absolute atomic E-state index is 6.38. The fourth-order valence-corrected chi connectivity index (χ4v) is 5.07. The van der Waals surface area contributed by atoms with Crippen molar-refractivity contribution in [2.24, 2.45) is 5.92 Å². The first kappa shape index (κ1) is 16.8. The highest BCUT2D eigenvalue weighted by molar-refractivity contribution is 6.20. The van der Waals surface area contributed by atoms with Crippen LogP contribution in [-0.2, 0) is 6.42 Å². The van der Waals surface area contributed by atoms with Crippen LogP contribution in [0.1, 0.15) is 31.2 Å². The lowest BCUT2D eigenvalue weighted by Crippen LogP contribution is -1.99. The third-order valence-electron chi connectivity index (χ3n) is 6.49. The molecular formula is C27H23NO. The van der Waals surface area contributed by atoms with Gasteiger partial charge < -0.3 is 4.42 Å². The van der Waals surface area contributed by atoms with Crippen LogP contribution in [0.5, 0.6) is 0 Å². The molecule has 2 aromatic heterocycles. The molecule has 0 amide bonds. The Morgan fingerprint density at radius 1 is 0.862 bits per heavy atom. The standard InChI is InChI=1S/C27H23NO/c1-2-7-18(6-1)16-19-14-15-28-24(17-19)22-10-5-11-23-26-21-9-4-3-8-20(21)12-13-25(26)29-27(22)23/h3-5,8-15,17-18H,1-2,6-7,16H2. The zero-order valence-electron chi connectivity index (χ0n) is 16.4. The van der Waals surface area contributed by atoms with Gasteiger partial charge >= 0.3 is 0 Å². The van der Waals surface area contributed by atoms with Crippen molar-refractivity contribution in [3.63, 3.8) is 0 Å². The second kappa shape index (κ2) is 6.73. The van der Waals surface area contributed by atoms with Crippen LogP contribution in [0.15, 0.2) is 77.3 Å². The second-order valence-electron chi connectivity index (χ2n) is 8.35. The molecule has 6 rings (SSSR count). The van der Waals surface area contributed by atoms with Crippen LogP contribution in [0.4, 0.5) is 0 Å². The first-order chi connectivity index (χ1) is 14.4. The van der Waals surface area contributed by atoms with E-state index in [1.54, 1.807) is 0 Å². The Morgan fingerprint density at radius 3 is 2.66 bits per heavy atom. The summed E-state index contributed by atoms with van der Waals surface area (Å²) in [6.07, 6.45) is 8.62. The quantitative estimate of drug-likeness (QED) is 0.325. The minimum Gasteiger partial charge on any atom is -0.455 e. The first-order valence-corrected chi connectivity index (χ1v) is 10.6. The third-order valence-corrected chi connectivity index (χ3v) is 6.49. The number of nitrogens with zero attached hydrogens (tertiary/aromatic N) is 1. The summed E-state index contributed by atoms with van der Waals surface area (Å²) in [5, 5.41) is 4.84. The van der Waals surface area contributed by atoms with Crippen molar-refractivity contribution < 1.29 is 4.42 Å². The molecule has 0 bridgehead atoms. The van der Waals surface area contributed by atoms with Crippen LogP contribution in [-0.4, -0.2) is 4.98 Å². The summed E-state index contributed by atoms with van der Waals surface area (Å²) >= 11 is 0. The molecule has 142 valence electrons. The van der Waals surface area contributed by atoms with Crippen molar-refractivity contribution in [3.05, 3.63) is 78.5 Å². The van der Waals surface area contributed by atoms with E-state index in [1.807, 2.05) is 6.20 Å². The third kappa shape index (κ3) is 2.82. The number of hydrogen-bond donors (Lipinski definition) is 0. The summed E-state index contributed by atoms with van der Waals surface area (Å²) in [6, 6.07) is 23.6. The summed E-state index contributed by atoms with van der Waals surface area (Å²) in [5.74, 6) is 0.832. The molecular weight excluding hydrogens is 354 g/mol. The number of fused-ring (bicyclic) bond motifs is 5. The predicted molar refractivity (Wildman–Crippen MR) is 120 cm³/mol. The molecule has 0 saturated heterocycles. The summed E-state index contributed by atoms with van der Waals surface area (Å²) in [6.45, 7) is 0. The number of benzene rings is 3. The van der Waals surface area contributed by atoms with Crippen molar-refractivity contribution in [1.82, 2.24) is 4.98 Å². The fourth-order valence-electron chi connectivity index (χ4n) is 5.07. The van der Waals surface area contributed by atoms with Crippen LogP contribution in [0.2, 0.25) is 0 Å². The number of furan rings is 1. The van der Waals surface area contributed by atoms with Crippen LogP contribution < -0.4 is 0 Å². The zero-order valence-corrected chi connectivity index (χ0v) is 16.4. The van der Waals surface area contributed by atoms with Gasteiger partial charge in [0.25, 0.3) is 0 Å². The lowest BCUT2D eigenvalue weighted by Gasteiger charge is -2.10. The Bertz CT molecular complexity index is 1340. The van der Waals surface area contributed by atoms with Crippen molar-refractivity contribution >= 4 is 32.7 Å². The number of pyridine rings is 1. The van der Waals surface area contributed by atoms with E-state index in [1.165, 1.54) is 47.4 Å². The molecule has 1 aliphatic rings. The summed E-state index contributed by atoms with van der Waals surface area (Å²) < 4.78 is 6.38. The van der Waals surface area contributed by atoms with Crippen LogP contribution in [0.3, 0.4) is 0 Å². The van der Waals surface area contributed by atoms with E-state index < -0.39 is 0 Å². The average Bonchev–Trinajstić information content (AvgIpc) is 3.41. The van der Waals surface area contributed by atoms with Gasteiger partial charge in [-0.1, -0.05) is 68.1 Å². The Balaban J connectivity index is 1.52. The Kier molecular flexibility index (Phi) is 3.90. The van der Waals surface area contributed by atoms with Crippen molar-refractivity contribution in [1.29, 1.82) is 0 Å². The zero-order chi connectivity index (χ0) is 19.2. The molecule has 1 saturated carbocycles. The second-order valence-corrected chi connectivity index (χ2v) is 8.35. The van der Waals surface area contributed by atoms with Gasteiger partial charge in [0.2, 0.25) is 0 Å². The molecule has 0 spiro atoms. The van der Waals surface area contributed by atoms with Crippen LogP contribution in [0.25, 0.3) is 44.0 Å². The molecule has 2 heteroatoms. The molecule has 2 heterocycles. The highest BCUT2D eigenvalue weighted by Gasteiger charge is 2.17. The van der Waals surface area contributed by atoms with Gasteiger partial charge in [0.05, 0.1) is 5.69 Å². The van der Waals surface area contributed by atoms with E-state index in [9.17, 15) is 0 Å². The van der Waals surface area contributed by atoms with E-state index in [-0.39, 0.29) is 0 Å². The lowest BCUT2D eigenvalue weighted by molar-refractivity contribution is 0.546. The highest BCUT2D eigenvalue weighted by Crippen LogP contribution is 2.39. The molecule has 3 aromatic carbocycles. The van der Waals surface area contributed by atoms with Crippen molar-refractivity contribution in [2.75, 3.05) is 0 Å². The maximum Gasteiger partial charge on any atom is 0.144 e. The lowest BCUT2D eigenvalue weighted by atomic mass is 9.97. The molecule has 29 heavy (non-hydrogen) atoms. The predicted octanol–water partition coefficient (Wildman–Crippen LogP) is 7.53. The molecule has 1 fully saturated rings. The van der Waals surface area contributed by atoms with Crippen LogP contribution >= 0.6 is 0 Å². The normalized spacial score (nSPS) is 15.0. The Labute approximate surface area is 170 Å². The van der Waals surface area contributed by atoms with E-state index in [0.29, 0.717) is 0 Å². The van der Waals surface area contributed by atoms with Gasteiger partial charge in [-0.3, -0.25) is 4.98 Å². The van der Waals surface area contributed by atoms with Gasteiger partial charge in [-0.25, -0.2) is 0 Å². The van der Waals surface area contributed by atoms with Gasteiger partial charge in [0, 0.05) is 22.5 Å². The number of rotatable bonds is 3. The van der Waals surface area contributed by atoms with Gasteiger partial charge in [-0.2, -0.15) is 0 Å². The Hall–Kier alpha value is -3.13. The number of aromatic nitrogens is 1. The van der Waals surface area contributed by atoms with E-state index in [4.69, 9.17) is 9.40 Å². The largest absolute Gasteiger partial charge is 0.455 e. The highest BCUT2D eigenvalue weighted by atomic mass is 16.3. The molecule has 0 unspecified atom stereocenters. The molecule has 0 aliphatic heterocycles. The topological polar surface area (TPSA) is 26.0 Å². The molecule has 2 nitrogen and oxygen atoms in total. The summed E-state index contributed by atoms with van der Waals surface area (Å²) in [7, 11) is 0. The summed E-state index contributed by atoms with van der Waals surface area (Å²) in [4.78, 5) is 4.71. The fraction of sp³-hybridized carbons (Fsp3) is 0.222. The number of para-hydroxylation sites is 1.